The van der Waals surface area contributed by atoms with E-state index < -0.39 is 0 Å². The van der Waals surface area contributed by atoms with Gasteiger partial charge in [0.2, 0.25) is 11.8 Å². The van der Waals surface area contributed by atoms with Crippen LogP contribution >= 0.6 is 0 Å². The molecule has 3 aromatic rings. The fourth-order valence-electron chi connectivity index (χ4n) is 4.48. The first kappa shape index (κ1) is 20.9. The number of halogens is 1. The minimum Gasteiger partial charge on any atom is -0.438 e. The van der Waals surface area contributed by atoms with E-state index in [1.54, 1.807) is 12.1 Å². The second-order valence-corrected chi connectivity index (χ2v) is 8.81. The lowest BCUT2D eigenvalue weighted by Gasteiger charge is -2.32. The second-order valence-electron chi connectivity index (χ2n) is 8.81. The van der Waals surface area contributed by atoms with E-state index in [1.165, 1.54) is 29.7 Å². The maximum atomic E-state index is 13.8. The summed E-state index contributed by atoms with van der Waals surface area (Å²) in [6.45, 7) is 6.57. The summed E-state index contributed by atoms with van der Waals surface area (Å²) in [7, 11) is 0. The first-order valence-electron chi connectivity index (χ1n) is 11.5. The number of anilines is 1. The van der Waals surface area contributed by atoms with Gasteiger partial charge in [0.1, 0.15) is 11.6 Å². The molecule has 166 valence electrons. The summed E-state index contributed by atoms with van der Waals surface area (Å²) >= 11 is 0. The summed E-state index contributed by atoms with van der Waals surface area (Å²) in [6, 6.07) is 14.9. The smallest absolute Gasteiger partial charge is 0.228 e. The van der Waals surface area contributed by atoms with Crippen molar-refractivity contribution in [1.29, 1.82) is 0 Å². The third-order valence-electron chi connectivity index (χ3n) is 6.27. The van der Waals surface area contributed by atoms with Gasteiger partial charge in [0, 0.05) is 45.2 Å². The van der Waals surface area contributed by atoms with Crippen LogP contribution in [0.2, 0.25) is 0 Å². The maximum Gasteiger partial charge on any atom is 0.228 e. The normalized spacial score (nSPS) is 16.6. The molecule has 1 saturated heterocycles. The van der Waals surface area contributed by atoms with Crippen LogP contribution < -0.4 is 9.64 Å². The Morgan fingerprint density at radius 1 is 0.969 bits per heavy atom. The number of fused-ring (bicyclic) bond motifs is 1. The van der Waals surface area contributed by atoms with Crippen LogP contribution in [0.4, 0.5) is 10.3 Å². The van der Waals surface area contributed by atoms with E-state index in [1.807, 2.05) is 0 Å². The Balaban J connectivity index is 1.44. The van der Waals surface area contributed by atoms with E-state index in [9.17, 15) is 4.39 Å². The van der Waals surface area contributed by atoms with Crippen LogP contribution in [0.5, 0.6) is 11.6 Å². The quantitative estimate of drug-likeness (QED) is 0.550. The van der Waals surface area contributed by atoms with Crippen molar-refractivity contribution in [2.75, 3.05) is 24.5 Å². The lowest BCUT2D eigenvalue weighted by Crippen LogP contribution is -2.34. The largest absolute Gasteiger partial charge is 0.438 e. The van der Waals surface area contributed by atoms with Crippen molar-refractivity contribution in [1.82, 2.24) is 14.9 Å². The molecule has 1 fully saturated rings. The number of hydrogen-bond donors (Lipinski definition) is 0. The zero-order chi connectivity index (χ0) is 21.9. The Labute approximate surface area is 188 Å². The topological polar surface area (TPSA) is 41.5 Å². The van der Waals surface area contributed by atoms with Gasteiger partial charge in [-0.05, 0) is 43.9 Å². The third kappa shape index (κ3) is 4.75. The molecule has 6 heteroatoms. The Hall–Kier alpha value is -2.99. The number of benzene rings is 2. The number of ether oxygens (including phenoxy) is 1. The van der Waals surface area contributed by atoms with Gasteiger partial charge in [-0.3, -0.25) is 4.90 Å². The fraction of sp³-hybridized carbons (Fsp3) is 0.385. The van der Waals surface area contributed by atoms with Crippen molar-refractivity contribution >= 4 is 5.95 Å². The first-order valence-corrected chi connectivity index (χ1v) is 11.5. The molecule has 0 spiro atoms. The molecule has 1 aromatic heterocycles. The molecule has 0 unspecified atom stereocenters. The summed E-state index contributed by atoms with van der Waals surface area (Å²) in [5.41, 5.74) is 4.61. The van der Waals surface area contributed by atoms with Gasteiger partial charge in [0.05, 0.1) is 11.3 Å². The van der Waals surface area contributed by atoms with Crippen molar-refractivity contribution in [2.45, 2.75) is 45.7 Å². The second kappa shape index (κ2) is 9.25. The minimum absolute atomic E-state index is 0.317. The fourth-order valence-corrected chi connectivity index (χ4v) is 4.48. The molecule has 0 radical (unpaired) electrons. The molecule has 0 atom stereocenters. The summed E-state index contributed by atoms with van der Waals surface area (Å²) in [6.07, 6.45) is 4.42. The van der Waals surface area contributed by atoms with Crippen LogP contribution in [0.15, 0.2) is 48.5 Å². The number of piperidine rings is 1. The summed E-state index contributed by atoms with van der Waals surface area (Å²) < 4.78 is 19.9. The van der Waals surface area contributed by atoms with Gasteiger partial charge in [-0.15, -0.1) is 0 Å². The average Bonchev–Trinajstić information content (AvgIpc) is 2.81. The van der Waals surface area contributed by atoms with Crippen molar-refractivity contribution in [2.24, 2.45) is 0 Å². The molecule has 0 amide bonds. The van der Waals surface area contributed by atoms with Gasteiger partial charge in [-0.2, -0.15) is 4.98 Å². The number of aryl methyl sites for hydroxylation is 1. The van der Waals surface area contributed by atoms with Crippen molar-refractivity contribution in [3.05, 3.63) is 76.7 Å². The molecule has 0 N–H and O–H groups in total. The van der Waals surface area contributed by atoms with Crippen LogP contribution in [0.1, 0.15) is 41.6 Å². The highest BCUT2D eigenvalue weighted by molar-refractivity contribution is 5.44. The van der Waals surface area contributed by atoms with Gasteiger partial charge < -0.3 is 9.64 Å². The molecular formula is C26H29FN4O. The summed E-state index contributed by atoms with van der Waals surface area (Å²) in [5.74, 6) is 1.44. The van der Waals surface area contributed by atoms with Gasteiger partial charge >= 0.3 is 0 Å². The van der Waals surface area contributed by atoms with E-state index in [-0.39, 0.29) is 5.82 Å². The van der Waals surface area contributed by atoms with Gasteiger partial charge in [0.15, 0.2) is 0 Å². The molecule has 32 heavy (non-hydrogen) atoms. The standard InChI is InChI=1S/C26H29FN4O/c1-19-8-10-20(11-9-19)17-30-15-12-24-23(18-30)25(32-22-7-5-6-21(27)16-22)29-26(28-24)31-13-3-2-4-14-31/h5-11,16H,2-4,12-15,17-18H2,1H3. The third-order valence-corrected chi connectivity index (χ3v) is 6.27. The van der Waals surface area contributed by atoms with E-state index in [0.717, 1.165) is 62.6 Å². The molecule has 5 nitrogen and oxygen atoms in total. The van der Waals surface area contributed by atoms with Crippen molar-refractivity contribution in [3.8, 4) is 11.6 Å². The zero-order valence-corrected chi connectivity index (χ0v) is 18.6. The Bertz CT molecular complexity index is 1080. The van der Waals surface area contributed by atoms with E-state index in [2.05, 4.69) is 41.0 Å². The molecule has 2 aromatic carbocycles. The van der Waals surface area contributed by atoms with Crippen molar-refractivity contribution < 1.29 is 9.13 Å². The number of aromatic nitrogens is 2. The number of hydrogen-bond acceptors (Lipinski definition) is 5. The zero-order valence-electron chi connectivity index (χ0n) is 18.6. The summed E-state index contributed by atoms with van der Waals surface area (Å²) in [5, 5.41) is 0. The number of nitrogens with zero attached hydrogens (tertiary/aromatic N) is 4. The first-order chi connectivity index (χ1) is 15.6. The lowest BCUT2D eigenvalue weighted by atomic mass is 10.0. The van der Waals surface area contributed by atoms with Gasteiger partial charge in [-0.25, -0.2) is 9.37 Å². The van der Waals surface area contributed by atoms with Crippen LogP contribution in [0, 0.1) is 12.7 Å². The lowest BCUT2D eigenvalue weighted by molar-refractivity contribution is 0.238. The monoisotopic (exact) mass is 432 g/mol. The Morgan fingerprint density at radius 2 is 1.78 bits per heavy atom. The highest BCUT2D eigenvalue weighted by Gasteiger charge is 2.26. The van der Waals surface area contributed by atoms with Crippen LogP contribution in [0.3, 0.4) is 0 Å². The Kier molecular flexibility index (Phi) is 6.04. The highest BCUT2D eigenvalue weighted by atomic mass is 19.1. The molecular weight excluding hydrogens is 403 g/mol. The van der Waals surface area contributed by atoms with E-state index >= 15 is 0 Å². The van der Waals surface area contributed by atoms with Gasteiger partial charge in [0.25, 0.3) is 0 Å². The predicted octanol–water partition coefficient (Wildman–Crippen LogP) is 5.27. The summed E-state index contributed by atoms with van der Waals surface area (Å²) in [4.78, 5) is 14.4. The number of rotatable bonds is 5. The van der Waals surface area contributed by atoms with Crippen LogP contribution in [-0.2, 0) is 19.5 Å². The SMILES string of the molecule is Cc1ccc(CN2CCc3nc(N4CCCCC4)nc(Oc4cccc(F)c4)c3C2)cc1. The van der Waals surface area contributed by atoms with E-state index in [4.69, 9.17) is 14.7 Å². The average molecular weight is 433 g/mol. The molecule has 2 aliphatic heterocycles. The van der Waals surface area contributed by atoms with E-state index in [0.29, 0.717) is 18.2 Å². The molecule has 5 rings (SSSR count). The predicted molar refractivity (Wildman–Crippen MR) is 124 cm³/mol. The van der Waals surface area contributed by atoms with Gasteiger partial charge in [-0.1, -0.05) is 35.9 Å². The molecule has 0 saturated carbocycles. The molecule has 2 aliphatic rings. The molecule has 0 bridgehead atoms. The minimum atomic E-state index is -0.317. The molecule has 3 heterocycles. The van der Waals surface area contributed by atoms with Crippen LogP contribution in [0.25, 0.3) is 0 Å². The van der Waals surface area contributed by atoms with Crippen LogP contribution in [-0.4, -0.2) is 34.5 Å². The Morgan fingerprint density at radius 3 is 2.56 bits per heavy atom. The highest BCUT2D eigenvalue weighted by Crippen LogP contribution is 2.32. The maximum absolute atomic E-state index is 13.8. The molecule has 0 aliphatic carbocycles. The van der Waals surface area contributed by atoms with Crippen molar-refractivity contribution in [3.63, 3.8) is 0 Å².